The van der Waals surface area contributed by atoms with Crippen molar-refractivity contribution in [3.05, 3.63) is 59.7 Å². The predicted octanol–water partition coefficient (Wildman–Crippen LogP) is 6.86. The molecular weight excluding hydrogens is 492 g/mol. The number of rotatable bonds is 10. The zero-order valence-electron chi connectivity index (χ0n) is 22.9. The Morgan fingerprint density at radius 1 is 0.923 bits per heavy atom. The van der Waals surface area contributed by atoms with Crippen LogP contribution in [0, 0.1) is 17.8 Å². The molecule has 1 N–H and O–H groups in total. The van der Waals surface area contributed by atoms with Gasteiger partial charge < -0.3 is 24.1 Å². The van der Waals surface area contributed by atoms with E-state index < -0.39 is 5.97 Å². The van der Waals surface area contributed by atoms with E-state index in [0.29, 0.717) is 30.8 Å². The molecule has 0 saturated heterocycles. The Morgan fingerprint density at radius 2 is 1.62 bits per heavy atom. The first kappa shape index (κ1) is 26.1. The number of hydrogen-bond donors (Lipinski definition) is 1. The minimum Gasteiger partial charge on any atom is -0.507 e. The van der Waals surface area contributed by atoms with E-state index >= 15 is 0 Å². The van der Waals surface area contributed by atoms with Crippen LogP contribution in [0.15, 0.2) is 48.5 Å². The molecule has 4 fully saturated rings. The number of hydrogen-bond acceptors (Lipinski definition) is 6. The van der Waals surface area contributed by atoms with Gasteiger partial charge in [0.2, 0.25) is 0 Å². The van der Waals surface area contributed by atoms with Crippen molar-refractivity contribution in [2.24, 2.45) is 17.8 Å². The monoisotopic (exact) mass is 530 g/mol. The molecule has 0 unspecified atom stereocenters. The second-order valence-electron chi connectivity index (χ2n) is 11.7. The van der Waals surface area contributed by atoms with Gasteiger partial charge in [-0.2, -0.15) is 0 Å². The quantitative estimate of drug-likeness (QED) is 0.175. The molecule has 0 atom stereocenters. The number of aromatic hydroxyl groups is 1. The first-order valence-corrected chi connectivity index (χ1v) is 14.3. The summed E-state index contributed by atoms with van der Waals surface area (Å²) in [5.41, 5.74) is 3.93. The zero-order valence-corrected chi connectivity index (χ0v) is 22.9. The fraction of sp³-hybridized carbons (Fsp3) is 0.485. The number of carbonyl (C=O) groups is 1. The third-order valence-electron chi connectivity index (χ3n) is 9.10. The van der Waals surface area contributed by atoms with Gasteiger partial charge in [-0.25, -0.2) is 4.79 Å². The maximum atomic E-state index is 12.2. The van der Waals surface area contributed by atoms with E-state index in [4.69, 9.17) is 18.9 Å². The molecule has 0 radical (unpaired) electrons. The molecule has 0 spiro atoms. The number of methoxy groups -OCH3 is 1. The van der Waals surface area contributed by atoms with Crippen LogP contribution in [0.4, 0.5) is 0 Å². The molecular formula is C33H38O6. The first-order valence-electron chi connectivity index (χ1n) is 14.3. The molecule has 0 amide bonds. The molecule has 0 aromatic heterocycles. The molecule has 4 aliphatic rings. The molecule has 3 aromatic carbocycles. The summed E-state index contributed by atoms with van der Waals surface area (Å²) in [5, 5.41) is 12.3. The molecule has 0 heterocycles. The Morgan fingerprint density at radius 3 is 2.31 bits per heavy atom. The van der Waals surface area contributed by atoms with Gasteiger partial charge >= 0.3 is 5.97 Å². The lowest BCUT2D eigenvalue weighted by Gasteiger charge is -2.57. The summed E-state index contributed by atoms with van der Waals surface area (Å²) in [5.74, 6) is 3.01. The lowest BCUT2D eigenvalue weighted by Crippen LogP contribution is -2.48. The molecule has 206 valence electrons. The molecule has 4 aliphatic carbocycles. The van der Waals surface area contributed by atoms with Gasteiger partial charge in [-0.1, -0.05) is 18.2 Å². The second-order valence-corrected chi connectivity index (χ2v) is 11.7. The predicted molar refractivity (Wildman–Crippen MR) is 150 cm³/mol. The molecule has 6 nitrogen and oxygen atoms in total. The van der Waals surface area contributed by atoms with Gasteiger partial charge in [0, 0.05) is 18.1 Å². The number of phenols is 1. The molecule has 4 saturated carbocycles. The van der Waals surface area contributed by atoms with Crippen molar-refractivity contribution in [3.8, 4) is 22.6 Å². The Balaban J connectivity index is 1.35. The smallest absolute Gasteiger partial charge is 0.338 e. The Labute approximate surface area is 230 Å². The van der Waals surface area contributed by atoms with Crippen molar-refractivity contribution in [3.63, 3.8) is 0 Å². The van der Waals surface area contributed by atoms with Gasteiger partial charge in [-0.05, 0) is 115 Å². The zero-order chi connectivity index (χ0) is 27.0. The molecule has 39 heavy (non-hydrogen) atoms. The van der Waals surface area contributed by atoms with Crippen molar-refractivity contribution in [1.82, 2.24) is 0 Å². The molecule has 3 aromatic rings. The van der Waals surface area contributed by atoms with Crippen molar-refractivity contribution in [2.75, 3.05) is 33.7 Å². The van der Waals surface area contributed by atoms with Crippen LogP contribution in [-0.4, -0.2) is 44.8 Å². The van der Waals surface area contributed by atoms with Gasteiger partial charge in [0.15, 0.2) is 6.79 Å². The van der Waals surface area contributed by atoms with Crippen LogP contribution in [0.25, 0.3) is 21.9 Å². The lowest BCUT2D eigenvalue weighted by atomic mass is 9.48. The molecule has 7 rings (SSSR count). The van der Waals surface area contributed by atoms with E-state index in [1.165, 1.54) is 50.2 Å². The van der Waals surface area contributed by atoms with Gasteiger partial charge in [0.25, 0.3) is 0 Å². The van der Waals surface area contributed by atoms with Crippen LogP contribution < -0.4 is 4.74 Å². The highest BCUT2D eigenvalue weighted by molar-refractivity contribution is 5.99. The van der Waals surface area contributed by atoms with E-state index in [-0.39, 0.29) is 18.0 Å². The fourth-order valence-corrected chi connectivity index (χ4v) is 7.85. The van der Waals surface area contributed by atoms with E-state index in [9.17, 15) is 9.90 Å². The highest BCUT2D eigenvalue weighted by Gasteiger charge is 2.52. The number of fused-ring (bicyclic) bond motifs is 1. The van der Waals surface area contributed by atoms with Crippen LogP contribution in [0.2, 0.25) is 0 Å². The van der Waals surface area contributed by atoms with E-state index in [2.05, 4.69) is 24.3 Å². The minimum absolute atomic E-state index is 0.0758. The topological polar surface area (TPSA) is 74.2 Å². The summed E-state index contributed by atoms with van der Waals surface area (Å²) in [7, 11) is 1.67. The standard InChI is InChI=1S/C33H38O6/c1-3-38-32(35)27-13-26-5-4-24(14-28(26)30(34)16-27)25-6-7-31(39-20-37-9-8-36-2)29(15-25)33-17-21-10-22(18-33)12-23(11-21)19-33/h4-7,13-16,21-23,34H,3,8-12,17-20H2,1-2H3. The average molecular weight is 531 g/mol. The lowest BCUT2D eigenvalue weighted by molar-refractivity contribution is -0.0189. The van der Waals surface area contributed by atoms with Crippen LogP contribution in [0.5, 0.6) is 11.5 Å². The highest BCUT2D eigenvalue weighted by atomic mass is 16.7. The second kappa shape index (κ2) is 10.8. The molecule has 0 aliphatic heterocycles. The van der Waals surface area contributed by atoms with E-state index in [1.807, 2.05) is 12.1 Å². The summed E-state index contributed by atoms with van der Waals surface area (Å²) in [6, 6.07) is 15.8. The Hall–Kier alpha value is -3.09. The van der Waals surface area contributed by atoms with Gasteiger partial charge in [-0.3, -0.25) is 0 Å². The fourth-order valence-electron chi connectivity index (χ4n) is 7.85. The largest absolute Gasteiger partial charge is 0.507 e. The first-order chi connectivity index (χ1) is 19.0. The number of phenolic OH excluding ortho intramolecular Hbond substituents is 1. The van der Waals surface area contributed by atoms with Crippen molar-refractivity contribution in [1.29, 1.82) is 0 Å². The number of carbonyl (C=O) groups excluding carboxylic acids is 1. The summed E-state index contributed by atoms with van der Waals surface area (Å²) in [6.07, 6.45) is 7.85. The molecule has 4 bridgehead atoms. The third kappa shape index (κ3) is 5.12. The Bertz CT molecular complexity index is 1330. The van der Waals surface area contributed by atoms with Gasteiger partial charge in [0.05, 0.1) is 25.4 Å². The molecule has 6 heteroatoms. The summed E-state index contributed by atoms with van der Waals surface area (Å²) in [6.45, 7) is 3.31. The minimum atomic E-state index is -0.430. The summed E-state index contributed by atoms with van der Waals surface area (Å²) >= 11 is 0. The van der Waals surface area contributed by atoms with Gasteiger partial charge in [-0.15, -0.1) is 0 Å². The normalized spacial score (nSPS) is 25.2. The van der Waals surface area contributed by atoms with E-state index in [0.717, 1.165) is 40.0 Å². The maximum Gasteiger partial charge on any atom is 0.338 e. The van der Waals surface area contributed by atoms with Crippen LogP contribution in [0.3, 0.4) is 0 Å². The summed E-state index contributed by atoms with van der Waals surface area (Å²) in [4.78, 5) is 12.2. The van der Waals surface area contributed by atoms with Gasteiger partial charge in [0.1, 0.15) is 11.5 Å². The van der Waals surface area contributed by atoms with Crippen LogP contribution in [-0.2, 0) is 19.6 Å². The maximum absolute atomic E-state index is 12.2. The van der Waals surface area contributed by atoms with Crippen molar-refractivity contribution >= 4 is 16.7 Å². The average Bonchev–Trinajstić information content (AvgIpc) is 2.92. The highest BCUT2D eigenvalue weighted by Crippen LogP contribution is 2.62. The van der Waals surface area contributed by atoms with Crippen molar-refractivity contribution in [2.45, 2.75) is 50.9 Å². The number of benzene rings is 3. The summed E-state index contributed by atoms with van der Waals surface area (Å²) < 4.78 is 22.1. The van der Waals surface area contributed by atoms with Crippen molar-refractivity contribution < 1.29 is 28.8 Å². The third-order valence-corrected chi connectivity index (χ3v) is 9.10. The SMILES string of the molecule is CCOC(=O)c1cc(O)c2cc(-c3ccc(OCOCCOC)c(C45CC6CC(CC(C6)C4)C5)c3)ccc2c1. The Kier molecular flexibility index (Phi) is 7.25. The number of esters is 1. The number of ether oxygens (including phenoxy) is 4. The van der Waals surface area contributed by atoms with Crippen LogP contribution in [0.1, 0.15) is 61.4 Å². The van der Waals surface area contributed by atoms with E-state index in [1.54, 1.807) is 20.1 Å². The van der Waals surface area contributed by atoms with Crippen LogP contribution >= 0.6 is 0 Å².